The highest BCUT2D eigenvalue weighted by molar-refractivity contribution is 5.37. The Morgan fingerprint density at radius 1 is 1.05 bits per heavy atom. The van der Waals surface area contributed by atoms with Gasteiger partial charge < -0.3 is 0 Å². The van der Waals surface area contributed by atoms with Gasteiger partial charge >= 0.3 is 12.4 Å². The van der Waals surface area contributed by atoms with Crippen LogP contribution in [0, 0.1) is 6.92 Å². The van der Waals surface area contributed by atoms with Crippen molar-refractivity contribution in [3.8, 4) is 0 Å². The second-order valence-corrected chi connectivity index (χ2v) is 4.97. The molecular weight excluding hydrogens is 310 g/mol. The van der Waals surface area contributed by atoms with Crippen LogP contribution >= 0.6 is 0 Å². The van der Waals surface area contributed by atoms with Crippen molar-refractivity contribution in [2.24, 2.45) is 0 Å². The van der Waals surface area contributed by atoms with Gasteiger partial charge in [-0.3, -0.25) is 4.68 Å². The molecule has 0 spiro atoms. The molecule has 0 N–H and O–H groups in total. The number of aryl methyl sites for hydroxylation is 1. The van der Waals surface area contributed by atoms with Gasteiger partial charge in [-0.15, -0.1) is 0 Å². The molecule has 1 aromatic heterocycles. The van der Waals surface area contributed by atoms with Crippen LogP contribution in [0.3, 0.4) is 0 Å². The lowest BCUT2D eigenvalue weighted by Gasteiger charge is -2.20. The van der Waals surface area contributed by atoms with Crippen LogP contribution in [0.4, 0.5) is 26.3 Å². The summed E-state index contributed by atoms with van der Waals surface area (Å²) < 4.78 is 78.5. The molecule has 2 rings (SSSR count). The Morgan fingerprint density at radius 2 is 1.68 bits per heavy atom. The second kappa shape index (κ2) is 5.33. The Morgan fingerprint density at radius 3 is 2.14 bits per heavy atom. The highest BCUT2D eigenvalue weighted by Gasteiger charge is 2.39. The summed E-state index contributed by atoms with van der Waals surface area (Å²) in [6.07, 6.45) is -6.71. The molecule has 0 amide bonds. The Kier molecular flexibility index (Phi) is 3.97. The maximum absolute atomic E-state index is 13.1. The van der Waals surface area contributed by atoms with Crippen LogP contribution in [0.1, 0.15) is 35.2 Å². The number of benzene rings is 1. The first-order valence-corrected chi connectivity index (χ1v) is 6.29. The highest BCUT2D eigenvalue weighted by Crippen LogP contribution is 2.39. The number of nitrogens with zero attached hydrogens (tertiary/aromatic N) is 2. The summed E-state index contributed by atoms with van der Waals surface area (Å²) in [7, 11) is 0. The summed E-state index contributed by atoms with van der Waals surface area (Å²) in [4.78, 5) is 0. The van der Waals surface area contributed by atoms with Gasteiger partial charge in [0.2, 0.25) is 0 Å². The molecule has 0 saturated carbocycles. The largest absolute Gasteiger partial charge is 0.416 e. The van der Waals surface area contributed by atoms with E-state index < -0.39 is 29.5 Å². The average Bonchev–Trinajstić information content (AvgIpc) is 2.82. The molecule has 0 aliphatic heterocycles. The van der Waals surface area contributed by atoms with E-state index in [0.717, 1.165) is 11.6 Å². The third-order valence-electron chi connectivity index (χ3n) is 3.26. The van der Waals surface area contributed by atoms with Crippen LogP contribution in [0.2, 0.25) is 0 Å². The number of aromatic nitrogens is 2. The lowest BCUT2D eigenvalue weighted by atomic mass is 9.98. The van der Waals surface area contributed by atoms with Crippen molar-refractivity contribution < 1.29 is 26.3 Å². The zero-order valence-electron chi connectivity index (χ0n) is 11.6. The minimum Gasteiger partial charge on any atom is -0.265 e. The summed E-state index contributed by atoms with van der Waals surface area (Å²) >= 11 is 0. The molecular formula is C14H12F6N2. The predicted octanol–water partition coefficient (Wildman–Crippen LogP) is 4.84. The average molecular weight is 322 g/mol. The summed E-state index contributed by atoms with van der Waals surface area (Å²) in [6.45, 7) is 3.16. The van der Waals surface area contributed by atoms with Crippen molar-refractivity contribution >= 4 is 0 Å². The quantitative estimate of drug-likeness (QED) is 0.724. The standard InChI is InChI=1S/C14H12F6N2/c1-8-6-21-22(7-8)9(2)11-4-3-10(13(15,16)17)5-12(11)14(18,19)20/h3-7,9H,1-2H3. The van der Waals surface area contributed by atoms with E-state index in [1.807, 2.05) is 0 Å². The molecule has 0 aliphatic rings. The van der Waals surface area contributed by atoms with Gasteiger partial charge in [0.25, 0.3) is 0 Å². The summed E-state index contributed by atoms with van der Waals surface area (Å²) in [5, 5.41) is 3.91. The van der Waals surface area contributed by atoms with E-state index in [9.17, 15) is 26.3 Å². The molecule has 2 aromatic rings. The lowest BCUT2D eigenvalue weighted by Crippen LogP contribution is -2.17. The molecule has 0 bridgehead atoms. The smallest absolute Gasteiger partial charge is 0.265 e. The van der Waals surface area contributed by atoms with Crippen molar-refractivity contribution in [3.05, 3.63) is 52.8 Å². The van der Waals surface area contributed by atoms with Crippen LogP contribution in [0.5, 0.6) is 0 Å². The first kappa shape index (κ1) is 16.4. The van der Waals surface area contributed by atoms with Gasteiger partial charge in [-0.25, -0.2) is 0 Å². The Balaban J connectivity index is 2.56. The monoisotopic (exact) mass is 322 g/mol. The molecule has 8 heteroatoms. The first-order valence-electron chi connectivity index (χ1n) is 6.29. The van der Waals surface area contributed by atoms with Crippen LogP contribution in [0.15, 0.2) is 30.6 Å². The van der Waals surface area contributed by atoms with Gasteiger partial charge in [-0.05, 0) is 37.1 Å². The molecule has 0 radical (unpaired) electrons. The van der Waals surface area contributed by atoms with Crippen LogP contribution in [0.25, 0.3) is 0 Å². The molecule has 0 saturated heterocycles. The fourth-order valence-corrected chi connectivity index (χ4v) is 2.13. The van der Waals surface area contributed by atoms with E-state index in [0.29, 0.717) is 6.07 Å². The van der Waals surface area contributed by atoms with Gasteiger partial charge in [-0.2, -0.15) is 31.4 Å². The van der Waals surface area contributed by atoms with Crippen molar-refractivity contribution in [3.63, 3.8) is 0 Å². The predicted molar refractivity (Wildman–Crippen MR) is 67.2 cm³/mol. The topological polar surface area (TPSA) is 17.8 Å². The fraction of sp³-hybridized carbons (Fsp3) is 0.357. The minimum absolute atomic E-state index is 0.141. The third kappa shape index (κ3) is 3.26. The number of alkyl halides is 6. The molecule has 22 heavy (non-hydrogen) atoms. The Labute approximate surface area is 122 Å². The molecule has 1 atom stereocenters. The number of hydrogen-bond acceptors (Lipinski definition) is 1. The van der Waals surface area contributed by atoms with Gasteiger partial charge in [0, 0.05) is 6.20 Å². The van der Waals surface area contributed by atoms with E-state index in [1.165, 1.54) is 24.0 Å². The normalized spacial score (nSPS) is 14.2. The van der Waals surface area contributed by atoms with E-state index in [2.05, 4.69) is 5.10 Å². The number of hydrogen-bond donors (Lipinski definition) is 0. The van der Waals surface area contributed by atoms with Gasteiger partial charge in [0.1, 0.15) is 0 Å². The van der Waals surface area contributed by atoms with Crippen molar-refractivity contribution in [1.29, 1.82) is 0 Å². The molecule has 1 aromatic carbocycles. The van der Waals surface area contributed by atoms with E-state index in [-0.39, 0.29) is 11.6 Å². The Bertz CT molecular complexity index is 669. The summed E-state index contributed by atoms with van der Waals surface area (Å²) in [5.41, 5.74) is -2.15. The fourth-order valence-electron chi connectivity index (χ4n) is 2.13. The van der Waals surface area contributed by atoms with Crippen LogP contribution < -0.4 is 0 Å². The third-order valence-corrected chi connectivity index (χ3v) is 3.26. The van der Waals surface area contributed by atoms with E-state index in [4.69, 9.17) is 0 Å². The lowest BCUT2D eigenvalue weighted by molar-refractivity contribution is -0.143. The molecule has 1 heterocycles. The molecule has 1 unspecified atom stereocenters. The van der Waals surface area contributed by atoms with Gasteiger partial charge in [0.15, 0.2) is 0 Å². The second-order valence-electron chi connectivity index (χ2n) is 4.97. The van der Waals surface area contributed by atoms with Crippen LogP contribution in [-0.4, -0.2) is 9.78 Å². The molecule has 0 aliphatic carbocycles. The van der Waals surface area contributed by atoms with Crippen LogP contribution in [-0.2, 0) is 12.4 Å². The zero-order valence-corrected chi connectivity index (χ0v) is 11.6. The van der Waals surface area contributed by atoms with Gasteiger partial charge in [-0.1, -0.05) is 6.07 Å². The van der Waals surface area contributed by atoms with E-state index in [1.54, 1.807) is 6.92 Å². The highest BCUT2D eigenvalue weighted by atomic mass is 19.4. The van der Waals surface area contributed by atoms with E-state index >= 15 is 0 Å². The SMILES string of the molecule is Cc1cnn(C(C)c2ccc(C(F)(F)F)cc2C(F)(F)F)c1. The summed E-state index contributed by atoms with van der Waals surface area (Å²) in [6, 6.07) is 0.806. The minimum atomic E-state index is -4.88. The number of halogens is 6. The molecule has 0 fully saturated rings. The molecule has 120 valence electrons. The molecule has 2 nitrogen and oxygen atoms in total. The van der Waals surface area contributed by atoms with Crippen molar-refractivity contribution in [2.45, 2.75) is 32.2 Å². The Hall–Kier alpha value is -1.99. The summed E-state index contributed by atoms with van der Waals surface area (Å²) in [5.74, 6) is 0. The maximum atomic E-state index is 13.1. The van der Waals surface area contributed by atoms with Gasteiger partial charge in [0.05, 0.1) is 23.4 Å². The first-order chi connectivity index (χ1) is 10.00. The maximum Gasteiger partial charge on any atom is 0.416 e. The zero-order chi connectivity index (χ0) is 16.7. The van der Waals surface area contributed by atoms with Crippen molar-refractivity contribution in [2.75, 3.05) is 0 Å². The number of rotatable bonds is 2. The van der Waals surface area contributed by atoms with Crippen molar-refractivity contribution in [1.82, 2.24) is 9.78 Å².